The van der Waals surface area contributed by atoms with Gasteiger partial charge in [0.25, 0.3) is 0 Å². The summed E-state index contributed by atoms with van der Waals surface area (Å²) in [7, 11) is 0. The van der Waals surface area contributed by atoms with Gasteiger partial charge in [-0.25, -0.2) is 0 Å². The minimum absolute atomic E-state index is 0.197. The molecule has 0 aromatic rings. The number of nitrogens with two attached hydrogens (primary N) is 1. The van der Waals surface area contributed by atoms with Crippen molar-refractivity contribution in [1.29, 1.82) is 5.41 Å². The Kier molecular flexibility index (Phi) is 2.17. The van der Waals surface area contributed by atoms with E-state index in [-0.39, 0.29) is 5.96 Å². The molecule has 0 amide bonds. The second-order valence-electron chi connectivity index (χ2n) is 3.32. The van der Waals surface area contributed by atoms with E-state index in [2.05, 4.69) is 6.58 Å². The van der Waals surface area contributed by atoms with Crippen molar-refractivity contribution in [2.45, 2.75) is 13.3 Å². The van der Waals surface area contributed by atoms with Crippen LogP contribution in [0.3, 0.4) is 0 Å². The van der Waals surface area contributed by atoms with Crippen LogP contribution in [0.15, 0.2) is 12.2 Å². The fourth-order valence-corrected chi connectivity index (χ4v) is 1.39. The van der Waals surface area contributed by atoms with Gasteiger partial charge in [-0.3, -0.25) is 5.41 Å². The minimum Gasteiger partial charge on any atom is -0.370 e. The summed E-state index contributed by atoms with van der Waals surface area (Å²) in [4.78, 5) is 1.87. The number of rotatable bonds is 2. The molecule has 1 aliphatic rings. The molecule has 0 saturated carbocycles. The topological polar surface area (TPSA) is 53.1 Å². The van der Waals surface area contributed by atoms with Crippen molar-refractivity contribution in [1.82, 2.24) is 4.90 Å². The summed E-state index contributed by atoms with van der Waals surface area (Å²) in [5.41, 5.74) is 6.50. The molecule has 3 N–H and O–H groups in total. The van der Waals surface area contributed by atoms with E-state index in [1.54, 1.807) is 0 Å². The zero-order valence-corrected chi connectivity index (χ0v) is 6.93. The predicted octanol–water partition coefficient (Wildman–Crippen LogP) is 0.778. The summed E-state index contributed by atoms with van der Waals surface area (Å²) >= 11 is 0. The lowest BCUT2D eigenvalue weighted by atomic mass is 9.94. The van der Waals surface area contributed by atoms with Crippen LogP contribution in [0, 0.1) is 11.3 Å². The van der Waals surface area contributed by atoms with Crippen molar-refractivity contribution in [2.75, 3.05) is 13.1 Å². The molecule has 1 rings (SSSR count). The van der Waals surface area contributed by atoms with Crippen molar-refractivity contribution >= 4 is 5.96 Å². The molecule has 0 radical (unpaired) electrons. The highest BCUT2D eigenvalue weighted by molar-refractivity contribution is 5.75. The molecule has 0 spiro atoms. The maximum atomic E-state index is 7.11. The van der Waals surface area contributed by atoms with Gasteiger partial charge in [-0.2, -0.15) is 0 Å². The van der Waals surface area contributed by atoms with Gasteiger partial charge in [-0.05, 0) is 19.3 Å². The second-order valence-corrected chi connectivity index (χ2v) is 3.32. The SMILES string of the molecule is C=C(C)CC1CN(C(=N)N)C1. The number of likely N-dealkylation sites (tertiary alicyclic amines) is 1. The van der Waals surface area contributed by atoms with Crippen LogP contribution in [-0.4, -0.2) is 23.9 Å². The molecule has 0 atom stereocenters. The molecule has 1 saturated heterocycles. The largest absolute Gasteiger partial charge is 0.370 e. The van der Waals surface area contributed by atoms with Gasteiger partial charge in [0.15, 0.2) is 5.96 Å². The number of nitrogens with one attached hydrogen (secondary N) is 1. The van der Waals surface area contributed by atoms with E-state index in [0.717, 1.165) is 19.5 Å². The van der Waals surface area contributed by atoms with Crippen LogP contribution in [0.5, 0.6) is 0 Å². The molecule has 11 heavy (non-hydrogen) atoms. The van der Waals surface area contributed by atoms with Crippen LogP contribution >= 0.6 is 0 Å². The highest BCUT2D eigenvalue weighted by atomic mass is 15.3. The van der Waals surface area contributed by atoms with Crippen molar-refractivity contribution in [2.24, 2.45) is 11.7 Å². The molecule has 1 fully saturated rings. The van der Waals surface area contributed by atoms with Crippen molar-refractivity contribution in [3.63, 3.8) is 0 Å². The Morgan fingerprint density at radius 1 is 1.73 bits per heavy atom. The molecule has 3 nitrogen and oxygen atoms in total. The molecule has 0 aromatic carbocycles. The van der Waals surface area contributed by atoms with Gasteiger partial charge < -0.3 is 10.6 Å². The second kappa shape index (κ2) is 2.95. The van der Waals surface area contributed by atoms with Gasteiger partial charge in [0.05, 0.1) is 0 Å². The van der Waals surface area contributed by atoms with Gasteiger partial charge in [-0.15, -0.1) is 6.58 Å². The van der Waals surface area contributed by atoms with E-state index in [0.29, 0.717) is 5.92 Å². The highest BCUT2D eigenvalue weighted by Gasteiger charge is 2.26. The molecule has 1 aliphatic heterocycles. The Hall–Kier alpha value is -0.990. The van der Waals surface area contributed by atoms with E-state index in [1.165, 1.54) is 5.57 Å². The van der Waals surface area contributed by atoms with Crippen LogP contribution < -0.4 is 5.73 Å². The third kappa shape index (κ3) is 1.97. The predicted molar refractivity (Wildman–Crippen MR) is 46.4 cm³/mol. The molecule has 0 bridgehead atoms. The molecule has 0 unspecified atom stereocenters. The van der Waals surface area contributed by atoms with Crippen LogP contribution in [0.1, 0.15) is 13.3 Å². The Morgan fingerprint density at radius 3 is 2.64 bits per heavy atom. The zero-order valence-electron chi connectivity index (χ0n) is 6.93. The average Bonchev–Trinajstić information content (AvgIpc) is 1.75. The standard InChI is InChI=1S/C8H15N3/c1-6(2)3-7-4-11(5-7)8(9)10/h7H,1,3-5H2,2H3,(H3,9,10). The van der Waals surface area contributed by atoms with Gasteiger partial charge in [0.1, 0.15) is 0 Å². The highest BCUT2D eigenvalue weighted by Crippen LogP contribution is 2.20. The molecular weight excluding hydrogens is 138 g/mol. The van der Waals surface area contributed by atoms with E-state index in [4.69, 9.17) is 11.1 Å². The minimum atomic E-state index is 0.197. The smallest absolute Gasteiger partial charge is 0.188 e. The summed E-state index contributed by atoms with van der Waals surface area (Å²) in [6, 6.07) is 0. The lowest BCUT2D eigenvalue weighted by Crippen LogP contribution is -2.52. The van der Waals surface area contributed by atoms with Crippen molar-refractivity contribution < 1.29 is 0 Å². The van der Waals surface area contributed by atoms with Crippen LogP contribution in [0.25, 0.3) is 0 Å². The van der Waals surface area contributed by atoms with Crippen LogP contribution in [0.4, 0.5) is 0 Å². The molecule has 0 aliphatic carbocycles. The first-order valence-corrected chi connectivity index (χ1v) is 3.83. The van der Waals surface area contributed by atoms with Gasteiger partial charge in [0, 0.05) is 13.1 Å². The summed E-state index contributed by atoms with van der Waals surface area (Å²) in [6.07, 6.45) is 1.07. The third-order valence-electron chi connectivity index (χ3n) is 1.93. The first-order valence-electron chi connectivity index (χ1n) is 3.83. The molecule has 0 aromatic heterocycles. The quantitative estimate of drug-likeness (QED) is 0.350. The van der Waals surface area contributed by atoms with Gasteiger partial charge >= 0.3 is 0 Å². The Balaban J connectivity index is 2.19. The lowest BCUT2D eigenvalue weighted by molar-refractivity contribution is 0.184. The number of hydrogen-bond acceptors (Lipinski definition) is 1. The maximum absolute atomic E-state index is 7.11. The average molecular weight is 153 g/mol. The zero-order chi connectivity index (χ0) is 8.43. The maximum Gasteiger partial charge on any atom is 0.188 e. The molecular formula is C8H15N3. The Labute approximate surface area is 67.4 Å². The van der Waals surface area contributed by atoms with Crippen LogP contribution in [0.2, 0.25) is 0 Å². The van der Waals surface area contributed by atoms with E-state index in [9.17, 15) is 0 Å². The Morgan fingerprint density at radius 2 is 2.27 bits per heavy atom. The lowest BCUT2D eigenvalue weighted by Gasteiger charge is -2.39. The van der Waals surface area contributed by atoms with Crippen molar-refractivity contribution in [3.8, 4) is 0 Å². The molecule has 3 heteroatoms. The van der Waals surface area contributed by atoms with Crippen LogP contribution in [-0.2, 0) is 0 Å². The fraction of sp³-hybridized carbons (Fsp3) is 0.625. The van der Waals surface area contributed by atoms with E-state index < -0.39 is 0 Å². The van der Waals surface area contributed by atoms with E-state index in [1.807, 2.05) is 11.8 Å². The third-order valence-corrected chi connectivity index (χ3v) is 1.93. The number of allylic oxidation sites excluding steroid dienone is 1. The summed E-state index contributed by atoms with van der Waals surface area (Å²) in [5.74, 6) is 0.874. The molecule has 62 valence electrons. The normalized spacial score (nSPS) is 17.7. The molecule has 1 heterocycles. The summed E-state index contributed by atoms with van der Waals surface area (Å²) in [6.45, 7) is 7.75. The van der Waals surface area contributed by atoms with Crippen molar-refractivity contribution in [3.05, 3.63) is 12.2 Å². The Bertz CT molecular complexity index is 180. The number of guanidine groups is 1. The first kappa shape index (κ1) is 8.11. The number of nitrogens with zero attached hydrogens (tertiary/aromatic N) is 1. The van der Waals surface area contributed by atoms with Gasteiger partial charge in [-0.1, -0.05) is 5.57 Å². The monoisotopic (exact) mass is 153 g/mol. The summed E-state index contributed by atoms with van der Waals surface area (Å²) < 4.78 is 0. The van der Waals surface area contributed by atoms with Gasteiger partial charge in [0.2, 0.25) is 0 Å². The number of hydrogen-bond donors (Lipinski definition) is 2. The van der Waals surface area contributed by atoms with E-state index >= 15 is 0 Å². The fourth-order valence-electron chi connectivity index (χ4n) is 1.39. The first-order chi connectivity index (χ1) is 5.09. The summed E-state index contributed by atoms with van der Waals surface area (Å²) in [5, 5.41) is 7.11.